The molecule has 0 saturated carbocycles. The highest BCUT2D eigenvalue weighted by Crippen LogP contribution is 2.57. The largest absolute Gasteiger partial charge is 0.507 e. The Morgan fingerprint density at radius 3 is 1.66 bits per heavy atom. The van der Waals surface area contributed by atoms with Crippen LogP contribution in [0.15, 0.2) is 39.3 Å². The van der Waals surface area contributed by atoms with Crippen molar-refractivity contribution in [1.29, 1.82) is 0 Å². The smallest absolute Gasteiger partial charge is 0.340 e. The molecule has 6 nitrogen and oxygen atoms in total. The highest BCUT2D eigenvalue weighted by molar-refractivity contribution is 9.11. The number of halogens is 2. The minimum atomic E-state index is -1.83. The van der Waals surface area contributed by atoms with Crippen LogP contribution in [0.3, 0.4) is 0 Å². The lowest BCUT2D eigenvalue weighted by atomic mass is 9.76. The topological polar surface area (TPSA) is 104 Å². The van der Waals surface area contributed by atoms with E-state index in [1.54, 1.807) is 12.1 Å². The Morgan fingerprint density at radius 1 is 0.780 bits per heavy atom. The summed E-state index contributed by atoms with van der Waals surface area (Å²) in [4.78, 5) is 25.7. The monoisotopic (exact) mass is 686 g/mol. The number of fused-ring (bicyclic) bond motifs is 1. The van der Waals surface area contributed by atoms with Crippen LogP contribution in [0.4, 0.5) is 0 Å². The highest BCUT2D eigenvalue weighted by atomic mass is 79.9. The molecule has 0 atom stereocenters. The third-order valence-corrected chi connectivity index (χ3v) is 9.48. The fraction of sp³-hybridized carbons (Fsp3) is 0.394. The number of carbonyl (C=O) groups is 2. The number of phenols is 2. The molecule has 1 aliphatic heterocycles. The molecule has 3 aromatic carbocycles. The fourth-order valence-corrected chi connectivity index (χ4v) is 7.91. The maximum atomic E-state index is 13.6. The van der Waals surface area contributed by atoms with Crippen LogP contribution in [0, 0.1) is 0 Å². The number of esters is 1. The van der Waals surface area contributed by atoms with E-state index >= 15 is 0 Å². The van der Waals surface area contributed by atoms with Gasteiger partial charge >= 0.3 is 11.9 Å². The summed E-state index contributed by atoms with van der Waals surface area (Å²) in [5, 5.41) is 33.3. The quantitative estimate of drug-likeness (QED) is 0.175. The first-order valence-electron chi connectivity index (χ1n) is 14.3. The molecule has 0 unspecified atom stereocenters. The van der Waals surface area contributed by atoms with E-state index in [2.05, 4.69) is 59.6 Å². The number of aryl methyl sites for hydroxylation is 2. The van der Waals surface area contributed by atoms with Crippen molar-refractivity contribution in [3.63, 3.8) is 0 Å². The van der Waals surface area contributed by atoms with Crippen molar-refractivity contribution in [3.05, 3.63) is 89.3 Å². The molecule has 0 radical (unpaired) electrons. The standard InChI is InChI=1S/C33H36Br2O6/c1-5-9-18-16-25(36)27(29(34)21(18)11-7-3)33(24-15-20(31(38)39)13-14-23(24)32(40)41-33)28-26(37)17-19(10-6-2)22(12-8-4)30(28)35/h13-17,36-37H,5-12H2,1-4H3,(H,38,39). The van der Waals surface area contributed by atoms with Crippen molar-refractivity contribution in [2.24, 2.45) is 0 Å². The Kier molecular flexibility index (Phi) is 9.54. The molecule has 3 N–H and O–H groups in total. The van der Waals surface area contributed by atoms with E-state index in [1.165, 1.54) is 18.2 Å². The Hall–Kier alpha value is -2.84. The Bertz CT molecular complexity index is 1440. The summed E-state index contributed by atoms with van der Waals surface area (Å²) in [7, 11) is 0. The second-order valence-electron chi connectivity index (χ2n) is 10.6. The van der Waals surface area contributed by atoms with Gasteiger partial charge in [0.25, 0.3) is 0 Å². The molecule has 8 heteroatoms. The molecule has 0 aromatic heterocycles. The summed E-state index contributed by atoms with van der Waals surface area (Å²) in [6.45, 7) is 8.28. The molecule has 0 aliphatic carbocycles. The number of cyclic esters (lactones) is 1. The average Bonchev–Trinajstić information content (AvgIpc) is 3.20. The first-order valence-corrected chi connectivity index (χ1v) is 15.8. The number of carbonyl (C=O) groups excluding carboxylic acids is 1. The maximum Gasteiger partial charge on any atom is 0.340 e. The second-order valence-corrected chi connectivity index (χ2v) is 12.2. The van der Waals surface area contributed by atoms with E-state index in [1.807, 2.05) is 0 Å². The minimum absolute atomic E-state index is 0.0366. The van der Waals surface area contributed by atoms with E-state index < -0.39 is 17.5 Å². The molecular formula is C33H36Br2O6. The van der Waals surface area contributed by atoms with Gasteiger partial charge in [-0.3, -0.25) is 0 Å². The number of ether oxygens (including phenoxy) is 1. The molecular weight excluding hydrogens is 652 g/mol. The molecule has 3 aromatic rings. The van der Waals surface area contributed by atoms with Crippen LogP contribution in [0.25, 0.3) is 0 Å². The number of carboxylic acid groups (broad SMARTS) is 1. The molecule has 0 saturated heterocycles. The summed E-state index contributed by atoms with van der Waals surface area (Å²) < 4.78 is 7.45. The highest BCUT2D eigenvalue weighted by Gasteiger charge is 2.54. The Morgan fingerprint density at radius 2 is 1.24 bits per heavy atom. The van der Waals surface area contributed by atoms with Gasteiger partial charge in [0, 0.05) is 14.5 Å². The van der Waals surface area contributed by atoms with Crippen molar-refractivity contribution in [2.45, 2.75) is 84.7 Å². The molecule has 41 heavy (non-hydrogen) atoms. The molecule has 0 spiro atoms. The van der Waals surface area contributed by atoms with E-state index in [0.717, 1.165) is 60.8 Å². The number of aromatic carboxylic acids is 1. The van der Waals surface area contributed by atoms with E-state index in [-0.39, 0.29) is 39.3 Å². The number of carboxylic acids is 1. The zero-order chi connectivity index (χ0) is 30.1. The van der Waals surface area contributed by atoms with Crippen LogP contribution in [-0.4, -0.2) is 27.3 Å². The van der Waals surface area contributed by atoms with Crippen LogP contribution >= 0.6 is 31.9 Å². The average molecular weight is 688 g/mol. The molecule has 0 bridgehead atoms. The van der Waals surface area contributed by atoms with E-state index in [4.69, 9.17) is 4.74 Å². The van der Waals surface area contributed by atoms with Crippen molar-refractivity contribution in [1.82, 2.24) is 0 Å². The minimum Gasteiger partial charge on any atom is -0.507 e. The first kappa shape index (κ1) is 31.1. The van der Waals surface area contributed by atoms with Crippen molar-refractivity contribution >= 4 is 43.8 Å². The zero-order valence-corrected chi connectivity index (χ0v) is 27.0. The van der Waals surface area contributed by atoms with Gasteiger partial charge in [0.1, 0.15) is 11.5 Å². The number of aromatic hydroxyl groups is 2. The molecule has 1 aliphatic rings. The summed E-state index contributed by atoms with van der Waals surface area (Å²) in [5.41, 5.74) is 3.01. The van der Waals surface area contributed by atoms with Gasteiger partial charge in [-0.2, -0.15) is 0 Å². The Labute approximate surface area is 258 Å². The SMILES string of the molecule is CCCc1cc(O)c(C2(c3c(O)cc(CCC)c(CCC)c3Br)OC(=O)c3ccc(C(=O)O)cc32)c(Br)c1CCC. The van der Waals surface area contributed by atoms with Crippen LogP contribution in [0.2, 0.25) is 0 Å². The Balaban J connectivity index is 2.24. The van der Waals surface area contributed by atoms with Gasteiger partial charge in [-0.1, -0.05) is 53.4 Å². The van der Waals surface area contributed by atoms with Crippen LogP contribution in [0.1, 0.15) is 113 Å². The molecule has 1 heterocycles. The molecule has 4 rings (SSSR count). The van der Waals surface area contributed by atoms with Crippen molar-refractivity contribution in [3.8, 4) is 11.5 Å². The lowest BCUT2D eigenvalue weighted by Crippen LogP contribution is -2.32. The lowest BCUT2D eigenvalue weighted by Gasteiger charge is -2.35. The normalized spacial score (nSPS) is 13.8. The summed E-state index contributed by atoms with van der Waals surface area (Å²) in [5.74, 6) is -2.05. The van der Waals surface area contributed by atoms with E-state index in [9.17, 15) is 24.9 Å². The van der Waals surface area contributed by atoms with Crippen LogP contribution in [0.5, 0.6) is 11.5 Å². The van der Waals surface area contributed by atoms with Crippen molar-refractivity contribution in [2.75, 3.05) is 0 Å². The van der Waals surface area contributed by atoms with Gasteiger partial charge in [0.15, 0.2) is 5.60 Å². The van der Waals surface area contributed by atoms with Gasteiger partial charge in [0.05, 0.1) is 22.3 Å². The van der Waals surface area contributed by atoms with Crippen LogP contribution < -0.4 is 0 Å². The van der Waals surface area contributed by atoms with Gasteiger partial charge in [-0.15, -0.1) is 0 Å². The molecule has 0 amide bonds. The second kappa shape index (κ2) is 12.6. The molecule has 218 valence electrons. The maximum absolute atomic E-state index is 13.6. The summed E-state index contributed by atoms with van der Waals surface area (Å²) in [6.07, 6.45) is 6.33. The van der Waals surface area contributed by atoms with Crippen molar-refractivity contribution < 1.29 is 29.6 Å². The number of phenolic OH excluding ortho intramolecular Hbond substituents is 2. The fourth-order valence-electron chi connectivity index (χ4n) is 6.04. The molecule has 0 fully saturated rings. The lowest BCUT2D eigenvalue weighted by molar-refractivity contribution is 0.0234. The number of benzene rings is 3. The first-order chi connectivity index (χ1) is 19.6. The van der Waals surface area contributed by atoms with Crippen LogP contribution in [-0.2, 0) is 36.0 Å². The third kappa shape index (κ3) is 5.29. The number of hydrogen-bond acceptors (Lipinski definition) is 5. The van der Waals surface area contributed by atoms with Gasteiger partial charge in [-0.25, -0.2) is 9.59 Å². The van der Waals surface area contributed by atoms with Gasteiger partial charge < -0.3 is 20.1 Å². The zero-order valence-electron chi connectivity index (χ0n) is 23.9. The van der Waals surface area contributed by atoms with Gasteiger partial charge in [-0.05, 0) is 110 Å². The summed E-state index contributed by atoms with van der Waals surface area (Å²) in [6, 6.07) is 7.65. The third-order valence-electron chi connectivity index (χ3n) is 7.73. The van der Waals surface area contributed by atoms with Gasteiger partial charge in [0.2, 0.25) is 0 Å². The predicted molar refractivity (Wildman–Crippen MR) is 166 cm³/mol. The summed E-state index contributed by atoms with van der Waals surface area (Å²) >= 11 is 7.58. The number of hydrogen-bond donors (Lipinski definition) is 3. The predicted octanol–water partition coefficient (Wildman–Crippen LogP) is 8.59. The van der Waals surface area contributed by atoms with E-state index in [0.29, 0.717) is 21.8 Å². The number of rotatable bonds is 11.